The SMILES string of the molecule is C=C(c1ccccc1)c1c(O)c2ccccc2c2ccccc12. The summed E-state index contributed by atoms with van der Waals surface area (Å²) in [5.41, 5.74) is 2.67. The van der Waals surface area contributed by atoms with Crippen LogP contribution in [0.25, 0.3) is 27.1 Å². The van der Waals surface area contributed by atoms with Gasteiger partial charge in [-0.2, -0.15) is 0 Å². The minimum Gasteiger partial charge on any atom is -0.507 e. The maximum atomic E-state index is 10.9. The first-order valence-corrected chi connectivity index (χ1v) is 7.64. The number of benzene rings is 4. The van der Waals surface area contributed by atoms with Crippen LogP contribution in [0.15, 0.2) is 85.4 Å². The van der Waals surface area contributed by atoms with Crippen molar-refractivity contribution < 1.29 is 5.11 Å². The summed E-state index contributed by atoms with van der Waals surface area (Å²) in [7, 11) is 0. The summed E-state index contributed by atoms with van der Waals surface area (Å²) in [6.07, 6.45) is 0. The van der Waals surface area contributed by atoms with Crippen molar-refractivity contribution in [1.29, 1.82) is 0 Å². The van der Waals surface area contributed by atoms with Crippen LogP contribution in [0.1, 0.15) is 11.1 Å². The summed E-state index contributed by atoms with van der Waals surface area (Å²) in [5.74, 6) is 0.299. The lowest BCUT2D eigenvalue weighted by Crippen LogP contribution is -1.91. The average molecular weight is 296 g/mol. The molecule has 0 radical (unpaired) electrons. The van der Waals surface area contributed by atoms with Crippen LogP contribution in [-0.2, 0) is 0 Å². The van der Waals surface area contributed by atoms with Gasteiger partial charge in [0, 0.05) is 10.9 Å². The van der Waals surface area contributed by atoms with Gasteiger partial charge in [-0.3, -0.25) is 0 Å². The Morgan fingerprint density at radius 3 is 1.74 bits per heavy atom. The second-order valence-electron chi connectivity index (χ2n) is 5.66. The van der Waals surface area contributed by atoms with E-state index in [9.17, 15) is 5.11 Å². The Labute approximate surface area is 135 Å². The van der Waals surface area contributed by atoms with E-state index in [1.807, 2.05) is 72.8 Å². The standard InChI is InChI=1S/C22H16O/c1-15(16-9-3-2-4-10-16)21-19-13-7-5-11-17(19)18-12-6-8-14-20(18)22(21)23/h2-14,23H,1H2. The van der Waals surface area contributed by atoms with Crippen molar-refractivity contribution in [3.8, 4) is 5.75 Å². The molecule has 110 valence electrons. The van der Waals surface area contributed by atoms with Crippen LogP contribution in [0.4, 0.5) is 0 Å². The van der Waals surface area contributed by atoms with Gasteiger partial charge in [-0.15, -0.1) is 0 Å². The van der Waals surface area contributed by atoms with Crippen LogP contribution >= 0.6 is 0 Å². The third-order valence-corrected chi connectivity index (χ3v) is 4.33. The van der Waals surface area contributed by atoms with Gasteiger partial charge in [-0.1, -0.05) is 85.4 Å². The third-order valence-electron chi connectivity index (χ3n) is 4.33. The Hall–Kier alpha value is -3.06. The molecule has 4 aromatic carbocycles. The molecule has 0 saturated heterocycles. The van der Waals surface area contributed by atoms with Crippen LogP contribution < -0.4 is 0 Å². The van der Waals surface area contributed by atoms with E-state index in [2.05, 4.69) is 12.6 Å². The van der Waals surface area contributed by atoms with E-state index in [4.69, 9.17) is 0 Å². The maximum absolute atomic E-state index is 10.9. The van der Waals surface area contributed by atoms with Crippen molar-refractivity contribution in [2.45, 2.75) is 0 Å². The van der Waals surface area contributed by atoms with Crippen molar-refractivity contribution >= 4 is 27.1 Å². The summed E-state index contributed by atoms with van der Waals surface area (Å²) < 4.78 is 0. The molecule has 1 heteroatoms. The predicted octanol–water partition coefficient (Wildman–Crippen LogP) is 5.76. The van der Waals surface area contributed by atoms with Gasteiger partial charge in [0.1, 0.15) is 5.75 Å². The molecule has 23 heavy (non-hydrogen) atoms. The molecule has 0 unspecified atom stereocenters. The fraction of sp³-hybridized carbons (Fsp3) is 0. The van der Waals surface area contributed by atoms with E-state index in [1.165, 1.54) is 0 Å². The summed E-state index contributed by atoms with van der Waals surface area (Å²) in [6.45, 7) is 4.25. The van der Waals surface area contributed by atoms with Crippen LogP contribution in [-0.4, -0.2) is 5.11 Å². The van der Waals surface area contributed by atoms with Gasteiger partial charge in [-0.05, 0) is 27.3 Å². The number of phenolic OH excluding ortho intramolecular Hbond substituents is 1. The second kappa shape index (κ2) is 5.29. The zero-order valence-electron chi connectivity index (χ0n) is 12.7. The summed E-state index contributed by atoms with van der Waals surface area (Å²) in [5, 5.41) is 15.0. The number of aromatic hydroxyl groups is 1. The van der Waals surface area contributed by atoms with Gasteiger partial charge < -0.3 is 5.11 Å². The highest BCUT2D eigenvalue weighted by molar-refractivity contribution is 6.16. The van der Waals surface area contributed by atoms with Crippen molar-refractivity contribution in [3.05, 3.63) is 96.6 Å². The Kier molecular flexibility index (Phi) is 3.13. The minimum atomic E-state index is 0.299. The molecule has 1 nitrogen and oxygen atoms in total. The smallest absolute Gasteiger partial charge is 0.131 e. The zero-order chi connectivity index (χ0) is 15.8. The lowest BCUT2D eigenvalue weighted by molar-refractivity contribution is 0.481. The Morgan fingerprint density at radius 2 is 1.09 bits per heavy atom. The molecular formula is C22H16O. The van der Waals surface area contributed by atoms with E-state index >= 15 is 0 Å². The highest BCUT2D eigenvalue weighted by atomic mass is 16.3. The van der Waals surface area contributed by atoms with E-state index < -0.39 is 0 Å². The largest absolute Gasteiger partial charge is 0.507 e. The van der Waals surface area contributed by atoms with Gasteiger partial charge in [0.05, 0.1) is 0 Å². The van der Waals surface area contributed by atoms with Crippen molar-refractivity contribution in [3.63, 3.8) is 0 Å². The normalized spacial score (nSPS) is 11.0. The molecule has 4 rings (SSSR count). The molecule has 0 aliphatic carbocycles. The van der Waals surface area contributed by atoms with Gasteiger partial charge in [0.25, 0.3) is 0 Å². The Morgan fingerprint density at radius 1 is 0.609 bits per heavy atom. The molecule has 0 aromatic heterocycles. The topological polar surface area (TPSA) is 20.2 Å². The van der Waals surface area contributed by atoms with E-state index in [-0.39, 0.29) is 0 Å². The maximum Gasteiger partial charge on any atom is 0.131 e. The lowest BCUT2D eigenvalue weighted by atomic mass is 9.90. The monoisotopic (exact) mass is 296 g/mol. The molecule has 0 aliphatic rings. The molecule has 0 amide bonds. The average Bonchev–Trinajstić information content (AvgIpc) is 2.63. The molecule has 0 heterocycles. The number of hydrogen-bond acceptors (Lipinski definition) is 1. The molecule has 1 N–H and O–H groups in total. The molecule has 0 saturated carbocycles. The van der Waals surface area contributed by atoms with Gasteiger partial charge in [0.2, 0.25) is 0 Å². The number of rotatable bonds is 2. The van der Waals surface area contributed by atoms with Crippen molar-refractivity contribution in [2.24, 2.45) is 0 Å². The summed E-state index contributed by atoms with van der Waals surface area (Å²) >= 11 is 0. The Balaban J connectivity index is 2.13. The predicted molar refractivity (Wildman–Crippen MR) is 97.7 cm³/mol. The number of hydrogen-bond donors (Lipinski definition) is 1. The number of phenols is 1. The second-order valence-corrected chi connectivity index (χ2v) is 5.66. The van der Waals surface area contributed by atoms with Crippen molar-refractivity contribution in [1.82, 2.24) is 0 Å². The van der Waals surface area contributed by atoms with Crippen LogP contribution in [0, 0.1) is 0 Å². The van der Waals surface area contributed by atoms with Crippen LogP contribution in [0.3, 0.4) is 0 Å². The van der Waals surface area contributed by atoms with E-state index in [0.29, 0.717) is 5.75 Å². The highest BCUT2D eigenvalue weighted by Crippen LogP contribution is 2.41. The fourth-order valence-electron chi connectivity index (χ4n) is 3.21. The molecule has 0 spiro atoms. The van der Waals surface area contributed by atoms with Gasteiger partial charge >= 0.3 is 0 Å². The third kappa shape index (κ3) is 2.09. The molecule has 0 fully saturated rings. The Bertz CT molecular complexity index is 1030. The lowest BCUT2D eigenvalue weighted by Gasteiger charge is -2.15. The molecular weight excluding hydrogens is 280 g/mol. The molecule has 4 aromatic rings. The van der Waals surface area contributed by atoms with Crippen molar-refractivity contribution in [2.75, 3.05) is 0 Å². The minimum absolute atomic E-state index is 0.299. The van der Waals surface area contributed by atoms with E-state index in [0.717, 1.165) is 38.2 Å². The fourth-order valence-corrected chi connectivity index (χ4v) is 3.21. The summed E-state index contributed by atoms with van der Waals surface area (Å²) in [4.78, 5) is 0. The van der Waals surface area contributed by atoms with Crippen LogP contribution in [0.5, 0.6) is 5.75 Å². The number of fused-ring (bicyclic) bond motifs is 3. The first-order chi connectivity index (χ1) is 11.3. The van der Waals surface area contributed by atoms with Gasteiger partial charge in [-0.25, -0.2) is 0 Å². The van der Waals surface area contributed by atoms with Crippen LogP contribution in [0.2, 0.25) is 0 Å². The molecule has 0 bridgehead atoms. The molecule has 0 aliphatic heterocycles. The van der Waals surface area contributed by atoms with E-state index in [1.54, 1.807) is 0 Å². The summed E-state index contributed by atoms with van der Waals surface area (Å²) in [6, 6.07) is 26.1. The molecule has 0 atom stereocenters. The first kappa shape index (κ1) is 13.6. The highest BCUT2D eigenvalue weighted by Gasteiger charge is 2.16. The quantitative estimate of drug-likeness (QED) is 0.466. The van der Waals surface area contributed by atoms with Gasteiger partial charge in [0.15, 0.2) is 0 Å². The zero-order valence-corrected chi connectivity index (χ0v) is 12.7. The first-order valence-electron chi connectivity index (χ1n) is 7.64.